The van der Waals surface area contributed by atoms with E-state index in [0.717, 1.165) is 41.6 Å². The fraction of sp³-hybridized carbons (Fsp3) is 0.333. The number of fused-ring (bicyclic) bond motifs is 3. The van der Waals surface area contributed by atoms with Gasteiger partial charge in [0.05, 0.1) is 7.11 Å². The number of hydrogen-bond acceptors (Lipinski definition) is 6. The number of amides is 1. The van der Waals surface area contributed by atoms with Crippen LogP contribution in [0.25, 0.3) is 11.0 Å². The molecule has 0 saturated carbocycles. The van der Waals surface area contributed by atoms with Gasteiger partial charge in [0.2, 0.25) is 0 Å². The van der Waals surface area contributed by atoms with Crippen LogP contribution in [-0.4, -0.2) is 32.2 Å². The predicted octanol–water partition coefficient (Wildman–Crippen LogP) is 4.19. The van der Waals surface area contributed by atoms with Crippen LogP contribution in [0.15, 0.2) is 40.8 Å². The van der Waals surface area contributed by atoms with Crippen molar-refractivity contribution in [3.8, 4) is 11.5 Å². The number of hydrogen-bond donors (Lipinski definition) is 1. The summed E-state index contributed by atoms with van der Waals surface area (Å²) in [6.07, 6.45) is 4.33. The monoisotopic (exact) mass is 423 g/mol. The quantitative estimate of drug-likeness (QED) is 0.574. The molecule has 0 spiro atoms. The van der Waals surface area contributed by atoms with Crippen molar-refractivity contribution < 1.29 is 28.2 Å². The standard InChI is InChI=1S/C24H25NO6/c1-15-11-16(30-14-24(27)28-2)7-9-20(15)25-23(26)13-29-17-8-10-22-19(12-17)18-5-3-4-6-21(18)31-22/h7-12H,3-6,13-14H2,1-2H3,(H,25,26). The molecule has 1 amide bonds. The normalized spacial score (nSPS) is 12.8. The van der Waals surface area contributed by atoms with E-state index in [1.165, 1.54) is 19.1 Å². The number of furan rings is 1. The van der Waals surface area contributed by atoms with Crippen molar-refractivity contribution in [2.75, 3.05) is 25.6 Å². The van der Waals surface area contributed by atoms with E-state index >= 15 is 0 Å². The summed E-state index contributed by atoms with van der Waals surface area (Å²) in [5.74, 6) is 1.52. The summed E-state index contributed by atoms with van der Waals surface area (Å²) in [6.45, 7) is 1.57. The molecule has 0 fully saturated rings. The molecule has 0 atom stereocenters. The zero-order chi connectivity index (χ0) is 21.8. The molecule has 0 unspecified atom stereocenters. The first-order valence-corrected chi connectivity index (χ1v) is 10.3. The summed E-state index contributed by atoms with van der Waals surface area (Å²) in [5, 5.41) is 3.91. The van der Waals surface area contributed by atoms with Gasteiger partial charge in [-0.15, -0.1) is 0 Å². The summed E-state index contributed by atoms with van der Waals surface area (Å²) >= 11 is 0. The topological polar surface area (TPSA) is 87.0 Å². The highest BCUT2D eigenvalue weighted by atomic mass is 16.6. The number of esters is 1. The Balaban J connectivity index is 1.35. The fourth-order valence-corrected chi connectivity index (χ4v) is 3.73. The van der Waals surface area contributed by atoms with E-state index in [2.05, 4.69) is 10.1 Å². The molecular formula is C24H25NO6. The van der Waals surface area contributed by atoms with Crippen molar-refractivity contribution in [3.05, 3.63) is 53.3 Å². The van der Waals surface area contributed by atoms with E-state index in [1.54, 1.807) is 18.2 Å². The number of carbonyl (C=O) groups is 2. The van der Waals surface area contributed by atoms with Crippen molar-refractivity contribution in [1.29, 1.82) is 0 Å². The van der Waals surface area contributed by atoms with E-state index in [1.807, 2.05) is 25.1 Å². The Hall–Kier alpha value is -3.48. The molecule has 31 heavy (non-hydrogen) atoms. The third-order valence-electron chi connectivity index (χ3n) is 5.35. The maximum Gasteiger partial charge on any atom is 0.343 e. The van der Waals surface area contributed by atoms with Gasteiger partial charge in [-0.3, -0.25) is 4.79 Å². The Labute approximate surface area is 180 Å². The van der Waals surface area contributed by atoms with Gasteiger partial charge in [0.15, 0.2) is 13.2 Å². The van der Waals surface area contributed by atoms with E-state index in [9.17, 15) is 9.59 Å². The first-order valence-electron chi connectivity index (χ1n) is 10.3. The number of rotatable bonds is 7. The second-order valence-corrected chi connectivity index (χ2v) is 7.55. The van der Waals surface area contributed by atoms with Crippen LogP contribution in [0.3, 0.4) is 0 Å². The van der Waals surface area contributed by atoms with Crippen LogP contribution in [-0.2, 0) is 27.2 Å². The zero-order valence-electron chi connectivity index (χ0n) is 17.7. The largest absolute Gasteiger partial charge is 0.484 e. The second kappa shape index (κ2) is 9.12. The molecule has 2 aromatic carbocycles. The van der Waals surface area contributed by atoms with Crippen molar-refractivity contribution >= 4 is 28.5 Å². The molecule has 0 saturated heterocycles. The van der Waals surface area contributed by atoms with Crippen molar-refractivity contribution in [2.45, 2.75) is 32.6 Å². The Morgan fingerprint density at radius 2 is 1.74 bits per heavy atom. The lowest BCUT2D eigenvalue weighted by molar-refractivity contribution is -0.142. The van der Waals surface area contributed by atoms with Crippen molar-refractivity contribution in [3.63, 3.8) is 0 Å². The number of methoxy groups -OCH3 is 1. The molecule has 4 rings (SSSR count). The Morgan fingerprint density at radius 1 is 1.00 bits per heavy atom. The lowest BCUT2D eigenvalue weighted by Crippen LogP contribution is -2.20. The van der Waals surface area contributed by atoms with Crippen LogP contribution in [0.4, 0.5) is 5.69 Å². The molecule has 3 aromatic rings. The van der Waals surface area contributed by atoms with Crippen molar-refractivity contribution in [2.24, 2.45) is 0 Å². The molecule has 0 radical (unpaired) electrons. The number of aryl methyl sites for hydroxylation is 3. The van der Waals surface area contributed by atoms with Gasteiger partial charge >= 0.3 is 5.97 Å². The highest BCUT2D eigenvalue weighted by Crippen LogP contribution is 2.34. The lowest BCUT2D eigenvalue weighted by Gasteiger charge is -2.12. The van der Waals surface area contributed by atoms with E-state index in [4.69, 9.17) is 13.9 Å². The Morgan fingerprint density at radius 3 is 2.55 bits per heavy atom. The van der Waals surface area contributed by atoms with Crippen molar-refractivity contribution in [1.82, 2.24) is 0 Å². The number of anilines is 1. The summed E-state index contributed by atoms with van der Waals surface area (Å²) < 4.78 is 21.6. The van der Waals surface area contributed by atoms with Crippen LogP contribution >= 0.6 is 0 Å². The first-order chi connectivity index (χ1) is 15.0. The second-order valence-electron chi connectivity index (χ2n) is 7.55. The Kier molecular flexibility index (Phi) is 6.11. The molecule has 7 nitrogen and oxygen atoms in total. The number of benzene rings is 2. The maximum atomic E-state index is 12.4. The molecule has 162 valence electrons. The minimum absolute atomic E-state index is 0.106. The average molecular weight is 423 g/mol. The molecule has 1 heterocycles. The smallest absolute Gasteiger partial charge is 0.343 e. The molecule has 1 aromatic heterocycles. The summed E-state index contributed by atoms with van der Waals surface area (Å²) in [7, 11) is 1.30. The SMILES string of the molecule is COC(=O)COc1ccc(NC(=O)COc2ccc3oc4c(c3c2)CCCC4)c(C)c1. The first kappa shape index (κ1) is 20.8. The van der Waals surface area contributed by atoms with Crippen LogP contribution in [0.5, 0.6) is 11.5 Å². The van der Waals surface area contributed by atoms with E-state index < -0.39 is 5.97 Å². The highest BCUT2D eigenvalue weighted by Gasteiger charge is 2.18. The average Bonchev–Trinajstić information content (AvgIpc) is 3.15. The fourth-order valence-electron chi connectivity index (χ4n) is 3.73. The summed E-state index contributed by atoms with van der Waals surface area (Å²) in [5.41, 5.74) is 3.59. The number of carbonyl (C=O) groups excluding carboxylic acids is 2. The van der Waals surface area contributed by atoms with Gasteiger partial charge in [-0.1, -0.05) is 0 Å². The molecule has 0 bridgehead atoms. The van der Waals surface area contributed by atoms with Gasteiger partial charge in [-0.25, -0.2) is 4.79 Å². The Bertz CT molecular complexity index is 1120. The molecule has 1 aliphatic rings. The third kappa shape index (κ3) is 4.82. The van der Waals surface area contributed by atoms with Crippen LogP contribution < -0.4 is 14.8 Å². The molecular weight excluding hydrogens is 398 g/mol. The van der Waals surface area contributed by atoms with Gasteiger partial charge in [0, 0.05) is 23.1 Å². The summed E-state index contributed by atoms with van der Waals surface area (Å²) in [4.78, 5) is 23.6. The van der Waals surface area contributed by atoms with Gasteiger partial charge in [0.25, 0.3) is 5.91 Å². The predicted molar refractivity (Wildman–Crippen MR) is 116 cm³/mol. The number of ether oxygens (including phenoxy) is 3. The lowest BCUT2D eigenvalue weighted by atomic mass is 9.96. The van der Waals surface area contributed by atoms with Crippen LogP contribution in [0.1, 0.15) is 29.7 Å². The third-order valence-corrected chi connectivity index (χ3v) is 5.35. The van der Waals surface area contributed by atoms with E-state index in [-0.39, 0.29) is 19.1 Å². The van der Waals surface area contributed by atoms with Crippen LogP contribution in [0.2, 0.25) is 0 Å². The molecule has 1 N–H and O–H groups in total. The van der Waals surface area contributed by atoms with Gasteiger partial charge in [0.1, 0.15) is 22.8 Å². The number of nitrogens with one attached hydrogen (secondary N) is 1. The maximum absolute atomic E-state index is 12.4. The summed E-state index contributed by atoms with van der Waals surface area (Å²) in [6, 6.07) is 10.8. The van der Waals surface area contributed by atoms with Gasteiger partial charge in [-0.05, 0) is 68.1 Å². The minimum atomic E-state index is -0.457. The van der Waals surface area contributed by atoms with Crippen LogP contribution in [0, 0.1) is 6.92 Å². The van der Waals surface area contributed by atoms with Gasteiger partial charge < -0.3 is 23.9 Å². The van der Waals surface area contributed by atoms with E-state index in [0.29, 0.717) is 17.2 Å². The highest BCUT2D eigenvalue weighted by molar-refractivity contribution is 5.93. The minimum Gasteiger partial charge on any atom is -0.484 e. The molecule has 0 aliphatic heterocycles. The molecule has 7 heteroatoms. The zero-order valence-corrected chi connectivity index (χ0v) is 17.7. The molecule has 1 aliphatic carbocycles. The van der Waals surface area contributed by atoms with Gasteiger partial charge in [-0.2, -0.15) is 0 Å².